The highest BCUT2D eigenvalue weighted by atomic mass is 127. The number of hydrogen-bond donors (Lipinski definition) is 2. The van der Waals surface area contributed by atoms with Crippen LogP contribution in [0.3, 0.4) is 0 Å². The monoisotopic (exact) mass is 652 g/mol. The van der Waals surface area contributed by atoms with Gasteiger partial charge in [-0.05, 0) is 106 Å². The van der Waals surface area contributed by atoms with Crippen LogP contribution in [-0.2, 0) is 11.2 Å². The third-order valence-corrected chi connectivity index (χ3v) is 9.14. The Balaban J connectivity index is 1.99. The van der Waals surface area contributed by atoms with E-state index < -0.39 is 11.2 Å². The first-order valence-electron chi connectivity index (χ1n) is 9.11. The first-order chi connectivity index (χ1) is 14.3. The van der Waals surface area contributed by atoms with Gasteiger partial charge in [0.1, 0.15) is 0 Å². The van der Waals surface area contributed by atoms with Crippen LogP contribution in [0.4, 0.5) is 0 Å². The van der Waals surface area contributed by atoms with Crippen molar-refractivity contribution in [3.8, 4) is 23.7 Å². The number of aliphatic hydroxyl groups is 2. The van der Waals surface area contributed by atoms with Crippen LogP contribution in [0, 0.1) is 29.4 Å². The van der Waals surface area contributed by atoms with E-state index in [4.69, 9.17) is 0 Å². The second-order valence-corrected chi connectivity index (χ2v) is 13.1. The Morgan fingerprint density at radius 3 is 1.40 bits per heavy atom. The Bertz CT molecular complexity index is 1290. The minimum Gasteiger partial charge on any atom is -0.369 e. The normalized spacial score (nSPS) is 22.1. The lowest BCUT2D eigenvalue weighted by Crippen LogP contribution is -2.41. The van der Waals surface area contributed by atoms with E-state index in [1.165, 1.54) is 0 Å². The quantitative estimate of drug-likeness (QED) is 0.177. The Kier molecular flexibility index (Phi) is 4.97. The van der Waals surface area contributed by atoms with Gasteiger partial charge in [-0.25, -0.2) is 0 Å². The maximum atomic E-state index is 12.0. The largest absolute Gasteiger partial charge is 0.369 e. The van der Waals surface area contributed by atoms with E-state index in [9.17, 15) is 10.2 Å². The zero-order valence-electron chi connectivity index (χ0n) is 15.9. The molecule has 2 aromatic heterocycles. The van der Waals surface area contributed by atoms with E-state index in [0.717, 1.165) is 25.9 Å². The van der Waals surface area contributed by atoms with Crippen molar-refractivity contribution in [2.45, 2.75) is 25.0 Å². The fourth-order valence-corrected chi connectivity index (χ4v) is 7.94. The first-order valence-corrected chi connectivity index (χ1v) is 12.9. The third-order valence-electron chi connectivity index (χ3n) is 5.42. The molecular weight excluding hydrogens is 638 g/mol. The molecule has 1 aliphatic rings. The van der Waals surface area contributed by atoms with Gasteiger partial charge in [0.25, 0.3) is 0 Å². The molecule has 2 atom stereocenters. The van der Waals surface area contributed by atoms with Gasteiger partial charge in [0.05, 0.1) is 5.77 Å². The molecule has 0 bridgehead atoms. The average Bonchev–Trinajstić information content (AvgIpc) is 3.24. The summed E-state index contributed by atoms with van der Waals surface area (Å²) in [6.07, 6.45) is 0. The van der Waals surface area contributed by atoms with Crippen LogP contribution >= 0.6 is 67.9 Å². The molecule has 2 aromatic carbocycles. The summed E-state index contributed by atoms with van der Waals surface area (Å²) in [4.78, 5) is 0. The van der Waals surface area contributed by atoms with Gasteiger partial charge in [0, 0.05) is 31.7 Å². The summed E-state index contributed by atoms with van der Waals surface area (Å²) in [5.74, 6) is 11.9. The molecule has 1 aliphatic carbocycles. The minimum atomic E-state index is -1.52. The smallest absolute Gasteiger partial charge is 0.177 e. The lowest BCUT2D eigenvalue weighted by atomic mass is 9.67. The summed E-state index contributed by atoms with van der Waals surface area (Å²) in [7, 11) is 0. The molecule has 0 saturated heterocycles. The van der Waals surface area contributed by atoms with Gasteiger partial charge in [-0.1, -0.05) is 11.8 Å². The topological polar surface area (TPSA) is 40.5 Å². The Hall–Kier alpha value is -1.14. The van der Waals surface area contributed by atoms with E-state index in [-0.39, 0.29) is 0 Å². The molecule has 0 saturated carbocycles. The van der Waals surface area contributed by atoms with Gasteiger partial charge in [-0.15, -0.1) is 34.5 Å². The Labute approximate surface area is 209 Å². The van der Waals surface area contributed by atoms with Crippen molar-refractivity contribution in [3.63, 3.8) is 0 Å². The fourth-order valence-electron chi connectivity index (χ4n) is 4.23. The summed E-state index contributed by atoms with van der Waals surface area (Å²) in [5, 5.41) is 26.0. The molecule has 4 aromatic rings. The molecule has 0 amide bonds. The number of rotatable bonds is 0. The van der Waals surface area contributed by atoms with Crippen molar-refractivity contribution in [2.24, 2.45) is 0 Å². The summed E-state index contributed by atoms with van der Waals surface area (Å²) < 4.78 is 4.40. The highest BCUT2D eigenvalue weighted by Crippen LogP contribution is 2.51. The van der Waals surface area contributed by atoms with Crippen molar-refractivity contribution >= 4 is 88.0 Å². The van der Waals surface area contributed by atoms with Crippen LogP contribution in [0.1, 0.15) is 36.1 Å². The van der Waals surface area contributed by atoms with Crippen LogP contribution in [0.5, 0.6) is 0 Å². The average molecular weight is 652 g/mol. The molecule has 0 radical (unpaired) electrons. The van der Waals surface area contributed by atoms with Gasteiger partial charge in [-0.3, -0.25) is 0 Å². The summed E-state index contributed by atoms with van der Waals surface area (Å²) >= 11 is 7.91. The molecule has 2 N–H and O–H groups in total. The molecule has 30 heavy (non-hydrogen) atoms. The van der Waals surface area contributed by atoms with Gasteiger partial charge in [0.15, 0.2) is 11.2 Å². The fraction of sp³-hybridized carbons (Fsp3) is 0.167. The van der Waals surface area contributed by atoms with E-state index in [1.54, 1.807) is 36.5 Å². The first kappa shape index (κ1) is 20.7. The summed E-state index contributed by atoms with van der Waals surface area (Å²) in [6, 6.07) is 12.0. The van der Waals surface area contributed by atoms with Gasteiger partial charge in [0.2, 0.25) is 0 Å². The van der Waals surface area contributed by atoms with Crippen molar-refractivity contribution in [3.05, 3.63) is 64.4 Å². The number of halogens is 2. The number of benzene rings is 2. The maximum Gasteiger partial charge on any atom is 0.177 e. The lowest BCUT2D eigenvalue weighted by molar-refractivity contribution is 0.0949. The number of thiophene rings is 2. The molecule has 2 heterocycles. The molecule has 2 unspecified atom stereocenters. The Morgan fingerprint density at radius 1 is 0.667 bits per heavy atom. The van der Waals surface area contributed by atoms with E-state index in [2.05, 4.69) is 81.0 Å². The molecule has 5 rings (SSSR count). The highest BCUT2D eigenvalue weighted by molar-refractivity contribution is 14.1. The van der Waals surface area contributed by atoms with E-state index >= 15 is 0 Å². The lowest BCUT2D eigenvalue weighted by Gasteiger charge is -2.40. The van der Waals surface area contributed by atoms with Gasteiger partial charge >= 0.3 is 0 Å². The molecule has 0 spiro atoms. The predicted molar refractivity (Wildman–Crippen MR) is 142 cm³/mol. The van der Waals surface area contributed by atoms with Crippen molar-refractivity contribution in [2.75, 3.05) is 0 Å². The second kappa shape index (κ2) is 7.19. The van der Waals surface area contributed by atoms with Gasteiger partial charge in [-0.2, -0.15) is 0 Å². The van der Waals surface area contributed by atoms with Crippen molar-refractivity contribution in [1.29, 1.82) is 0 Å². The standard InChI is InChI=1S/C24H14I2O2S2/c1-3-5-23(27)15-7-13-9-21(25)30-20(13)12-18(15)24(28,6-4-2)16-8-14-10-22(26)29-19(14)11-17(16)23/h7-12,27-28H,1-2H3. The van der Waals surface area contributed by atoms with Crippen LogP contribution < -0.4 is 0 Å². The van der Waals surface area contributed by atoms with Gasteiger partial charge < -0.3 is 10.2 Å². The highest BCUT2D eigenvalue weighted by Gasteiger charge is 2.49. The van der Waals surface area contributed by atoms with E-state index in [0.29, 0.717) is 22.3 Å². The molecule has 6 heteroatoms. The van der Waals surface area contributed by atoms with Crippen LogP contribution in [0.2, 0.25) is 0 Å². The molecule has 148 valence electrons. The third kappa shape index (κ3) is 2.89. The van der Waals surface area contributed by atoms with Crippen LogP contribution in [-0.4, -0.2) is 10.2 Å². The maximum absolute atomic E-state index is 12.0. The second-order valence-electron chi connectivity index (χ2n) is 7.14. The SMILES string of the molecule is CC#CC1(O)c2cc3cc(I)sc3cc2C(O)(C#CC)c2cc3cc(I)sc3cc21. The molecular formula is C24H14I2O2S2. The van der Waals surface area contributed by atoms with E-state index in [1.807, 2.05) is 24.3 Å². The summed E-state index contributed by atoms with van der Waals surface area (Å²) in [6.45, 7) is 3.45. The van der Waals surface area contributed by atoms with Crippen LogP contribution in [0.15, 0.2) is 36.4 Å². The minimum absolute atomic E-state index is 0.599. The Morgan fingerprint density at radius 2 is 1.03 bits per heavy atom. The van der Waals surface area contributed by atoms with Crippen molar-refractivity contribution in [1.82, 2.24) is 0 Å². The number of hydrogen-bond acceptors (Lipinski definition) is 4. The molecule has 0 fully saturated rings. The zero-order chi connectivity index (χ0) is 21.3. The van der Waals surface area contributed by atoms with Crippen LogP contribution in [0.25, 0.3) is 20.2 Å². The molecule has 2 nitrogen and oxygen atoms in total. The predicted octanol–water partition coefficient (Wildman–Crippen LogP) is 6.16. The molecule has 0 aliphatic heterocycles. The zero-order valence-corrected chi connectivity index (χ0v) is 21.9. The number of fused-ring (bicyclic) bond motifs is 4. The summed E-state index contributed by atoms with van der Waals surface area (Å²) in [5.41, 5.74) is -0.642. The van der Waals surface area contributed by atoms with Crippen molar-refractivity contribution < 1.29 is 10.2 Å².